The molecule has 1 saturated carbocycles. The molecule has 3 N–H and O–H groups in total. The molecule has 1 aliphatic heterocycles. The Morgan fingerprint density at radius 3 is 2.47 bits per heavy atom. The summed E-state index contributed by atoms with van der Waals surface area (Å²) in [5, 5.41) is 15.2. The Morgan fingerprint density at radius 2 is 1.79 bits per heavy atom. The van der Waals surface area contributed by atoms with Gasteiger partial charge in [-0.25, -0.2) is 4.98 Å². The topological polar surface area (TPSA) is 119 Å². The lowest BCUT2D eigenvalue weighted by molar-refractivity contribution is 0.102. The van der Waals surface area contributed by atoms with Crippen molar-refractivity contribution in [2.45, 2.75) is 18.8 Å². The summed E-state index contributed by atoms with van der Waals surface area (Å²) in [7, 11) is 0. The van der Waals surface area contributed by atoms with E-state index in [9.17, 15) is 9.90 Å². The molecule has 3 heterocycles. The smallest absolute Gasteiger partial charge is 0.257 e. The van der Waals surface area contributed by atoms with Crippen molar-refractivity contribution in [3.8, 4) is 0 Å². The first-order chi connectivity index (χ1) is 16.7. The highest BCUT2D eigenvalue weighted by Gasteiger charge is 2.29. The zero-order valence-electron chi connectivity index (χ0n) is 18.9. The molecule has 1 amide bonds. The predicted molar refractivity (Wildman–Crippen MR) is 129 cm³/mol. The maximum absolute atomic E-state index is 12.5. The Hall–Kier alpha value is -3.63. The Bertz CT molecular complexity index is 1110. The number of para-hydroxylation sites is 1. The number of carbonyl (C=O) groups excluding carboxylic acids is 1. The molecule has 1 saturated heterocycles. The molecule has 2 aliphatic rings. The number of aromatic nitrogens is 4. The quantitative estimate of drug-likeness (QED) is 0.465. The van der Waals surface area contributed by atoms with E-state index in [4.69, 9.17) is 4.98 Å². The van der Waals surface area contributed by atoms with Crippen LogP contribution in [0.25, 0.3) is 0 Å². The van der Waals surface area contributed by atoms with Gasteiger partial charge in [0.1, 0.15) is 11.6 Å². The lowest BCUT2D eigenvalue weighted by Crippen LogP contribution is -2.47. The first-order valence-corrected chi connectivity index (χ1v) is 11.6. The van der Waals surface area contributed by atoms with Crippen LogP contribution in [0, 0.1) is 0 Å². The molecular weight excluding hydrogens is 432 g/mol. The van der Waals surface area contributed by atoms with E-state index in [0.29, 0.717) is 35.7 Å². The van der Waals surface area contributed by atoms with Crippen LogP contribution in [0.1, 0.15) is 34.9 Å². The van der Waals surface area contributed by atoms with Crippen LogP contribution in [0.5, 0.6) is 0 Å². The summed E-state index contributed by atoms with van der Waals surface area (Å²) in [6, 6.07) is 12.8. The molecule has 1 aliphatic carbocycles. The van der Waals surface area contributed by atoms with Crippen LogP contribution in [-0.2, 0) is 0 Å². The molecular formula is C24H28N8O2. The maximum atomic E-state index is 12.5. The molecule has 34 heavy (non-hydrogen) atoms. The SMILES string of the molecule is O=C(Nc1ccccc1)c1ccc(Nc2nc(C3CC3)nc(N3CCN(CCO)CC3)n2)nc1. The van der Waals surface area contributed by atoms with Gasteiger partial charge in [0.2, 0.25) is 11.9 Å². The zero-order chi connectivity index (χ0) is 23.3. The first kappa shape index (κ1) is 22.2. The second-order valence-electron chi connectivity index (χ2n) is 8.52. The third-order valence-electron chi connectivity index (χ3n) is 5.95. The largest absolute Gasteiger partial charge is 0.395 e. The van der Waals surface area contributed by atoms with Crippen LogP contribution >= 0.6 is 0 Å². The second-order valence-corrected chi connectivity index (χ2v) is 8.52. The predicted octanol–water partition coefficient (Wildman–Crippen LogP) is 2.25. The van der Waals surface area contributed by atoms with Crippen LogP contribution in [0.2, 0.25) is 0 Å². The summed E-state index contributed by atoms with van der Waals surface area (Å²) in [6.07, 6.45) is 3.72. The first-order valence-electron chi connectivity index (χ1n) is 11.6. The number of β-amino-alcohol motifs (C(OH)–C–C–N with tert-alkyl or cyclic N) is 1. The van der Waals surface area contributed by atoms with Crippen LogP contribution in [0.4, 0.5) is 23.4 Å². The van der Waals surface area contributed by atoms with Crippen LogP contribution < -0.4 is 15.5 Å². The average molecular weight is 461 g/mol. The molecule has 10 nitrogen and oxygen atoms in total. The van der Waals surface area contributed by atoms with E-state index in [2.05, 4.69) is 35.4 Å². The van der Waals surface area contributed by atoms with Gasteiger partial charge in [0.25, 0.3) is 5.91 Å². The maximum Gasteiger partial charge on any atom is 0.257 e. The summed E-state index contributed by atoms with van der Waals surface area (Å²) >= 11 is 0. The lowest BCUT2D eigenvalue weighted by Gasteiger charge is -2.34. The van der Waals surface area contributed by atoms with Crippen molar-refractivity contribution in [3.63, 3.8) is 0 Å². The van der Waals surface area contributed by atoms with Crippen molar-refractivity contribution in [3.05, 3.63) is 60.0 Å². The van der Waals surface area contributed by atoms with E-state index >= 15 is 0 Å². The Labute approximate surface area is 198 Å². The number of nitrogens with one attached hydrogen (secondary N) is 2. The van der Waals surface area contributed by atoms with Crippen molar-refractivity contribution in [2.75, 3.05) is 54.9 Å². The van der Waals surface area contributed by atoms with E-state index in [-0.39, 0.29) is 12.5 Å². The highest BCUT2D eigenvalue weighted by Crippen LogP contribution is 2.38. The number of rotatable bonds is 8. The van der Waals surface area contributed by atoms with Gasteiger partial charge in [-0.1, -0.05) is 18.2 Å². The fourth-order valence-electron chi connectivity index (χ4n) is 3.86. The van der Waals surface area contributed by atoms with Gasteiger partial charge >= 0.3 is 0 Å². The van der Waals surface area contributed by atoms with E-state index in [0.717, 1.165) is 50.5 Å². The number of amides is 1. The summed E-state index contributed by atoms with van der Waals surface area (Å²) in [5.41, 5.74) is 1.20. The summed E-state index contributed by atoms with van der Waals surface area (Å²) in [5.74, 6) is 2.66. The monoisotopic (exact) mass is 460 g/mol. The van der Waals surface area contributed by atoms with Crippen molar-refractivity contribution >= 4 is 29.3 Å². The number of carbonyl (C=O) groups is 1. The van der Waals surface area contributed by atoms with E-state index in [1.807, 2.05) is 30.3 Å². The molecule has 2 aromatic heterocycles. The fraction of sp³-hybridized carbons (Fsp3) is 0.375. The second kappa shape index (κ2) is 10.1. The molecule has 3 aromatic rings. The van der Waals surface area contributed by atoms with E-state index in [1.54, 1.807) is 12.1 Å². The van der Waals surface area contributed by atoms with E-state index in [1.165, 1.54) is 6.20 Å². The molecule has 10 heteroatoms. The number of pyridine rings is 1. The summed E-state index contributed by atoms with van der Waals surface area (Å²) < 4.78 is 0. The molecule has 0 bridgehead atoms. The third-order valence-corrected chi connectivity index (χ3v) is 5.95. The van der Waals surface area contributed by atoms with Crippen LogP contribution in [-0.4, -0.2) is 75.2 Å². The van der Waals surface area contributed by atoms with Gasteiger partial charge in [-0.3, -0.25) is 9.69 Å². The minimum Gasteiger partial charge on any atom is -0.395 e. The van der Waals surface area contributed by atoms with E-state index < -0.39 is 0 Å². The number of aliphatic hydroxyl groups excluding tert-OH is 1. The number of piperazine rings is 1. The Kier molecular flexibility index (Phi) is 6.59. The van der Waals surface area contributed by atoms with Gasteiger partial charge < -0.3 is 20.6 Å². The molecule has 5 rings (SSSR count). The van der Waals surface area contributed by atoms with Crippen LogP contribution in [0.15, 0.2) is 48.7 Å². The highest BCUT2D eigenvalue weighted by atomic mass is 16.3. The molecule has 1 aromatic carbocycles. The minimum absolute atomic E-state index is 0.172. The highest BCUT2D eigenvalue weighted by molar-refractivity contribution is 6.04. The number of anilines is 4. The number of nitrogens with zero attached hydrogens (tertiary/aromatic N) is 6. The summed E-state index contributed by atoms with van der Waals surface area (Å²) in [6.45, 7) is 4.19. The normalized spacial score (nSPS) is 16.3. The number of hydrogen-bond donors (Lipinski definition) is 3. The van der Waals surface area contributed by atoms with Gasteiger partial charge in [-0.2, -0.15) is 15.0 Å². The number of benzene rings is 1. The lowest BCUT2D eigenvalue weighted by atomic mass is 10.2. The number of aliphatic hydroxyl groups is 1. The molecule has 0 spiro atoms. The molecule has 0 radical (unpaired) electrons. The summed E-state index contributed by atoms with van der Waals surface area (Å²) in [4.78, 5) is 35.3. The minimum atomic E-state index is -0.218. The molecule has 0 unspecified atom stereocenters. The number of hydrogen-bond acceptors (Lipinski definition) is 9. The zero-order valence-corrected chi connectivity index (χ0v) is 18.9. The molecule has 0 atom stereocenters. The van der Waals surface area contributed by atoms with Crippen molar-refractivity contribution in [1.82, 2.24) is 24.8 Å². The van der Waals surface area contributed by atoms with Crippen molar-refractivity contribution in [1.29, 1.82) is 0 Å². The Morgan fingerprint density at radius 1 is 1.00 bits per heavy atom. The Balaban J connectivity index is 1.28. The van der Waals surface area contributed by atoms with Gasteiger partial charge in [-0.15, -0.1) is 0 Å². The van der Waals surface area contributed by atoms with Crippen molar-refractivity contribution < 1.29 is 9.90 Å². The standard InChI is InChI=1S/C24H28N8O2/c33-15-14-31-10-12-32(13-11-31)24-29-21(17-6-7-17)28-23(30-24)27-20-9-8-18(16-25-20)22(34)26-19-4-2-1-3-5-19/h1-5,8-9,16-17,33H,6-7,10-15H2,(H,26,34)(H,25,27,28,29,30). The molecule has 2 fully saturated rings. The average Bonchev–Trinajstić information content (AvgIpc) is 3.71. The van der Waals surface area contributed by atoms with Gasteiger partial charge in [0.15, 0.2) is 0 Å². The van der Waals surface area contributed by atoms with Crippen LogP contribution in [0.3, 0.4) is 0 Å². The van der Waals surface area contributed by atoms with Crippen molar-refractivity contribution in [2.24, 2.45) is 0 Å². The molecule has 176 valence electrons. The van der Waals surface area contributed by atoms with Gasteiger partial charge in [-0.05, 0) is 37.1 Å². The third kappa shape index (κ3) is 5.46. The van der Waals surface area contributed by atoms with Gasteiger partial charge in [0.05, 0.1) is 12.2 Å². The van der Waals surface area contributed by atoms with Gasteiger partial charge in [0, 0.05) is 50.5 Å². The fourth-order valence-corrected chi connectivity index (χ4v) is 3.86.